The molecule has 2 amide bonds. The number of hydrogen-bond acceptors (Lipinski definition) is 6. The van der Waals surface area contributed by atoms with Crippen molar-refractivity contribution in [2.45, 2.75) is 38.8 Å². The Kier molecular flexibility index (Phi) is 7.92. The summed E-state index contributed by atoms with van der Waals surface area (Å²) >= 11 is 6.12. The van der Waals surface area contributed by atoms with E-state index in [-0.39, 0.29) is 42.3 Å². The lowest BCUT2D eigenvalue weighted by Gasteiger charge is -2.25. The molecule has 0 bridgehead atoms. The first-order valence-corrected chi connectivity index (χ1v) is 10.4. The van der Waals surface area contributed by atoms with E-state index in [1.165, 1.54) is 18.5 Å². The van der Waals surface area contributed by atoms with Crippen molar-refractivity contribution in [1.82, 2.24) is 20.2 Å². The highest BCUT2D eigenvalue weighted by Crippen LogP contribution is 2.34. The summed E-state index contributed by atoms with van der Waals surface area (Å²) in [5.41, 5.74) is 2.27. The Morgan fingerprint density at radius 2 is 2.19 bits per heavy atom. The summed E-state index contributed by atoms with van der Waals surface area (Å²) in [4.78, 5) is 35.0. The van der Waals surface area contributed by atoms with Crippen molar-refractivity contribution in [2.75, 3.05) is 19.8 Å². The second-order valence-electron chi connectivity index (χ2n) is 7.25. The van der Waals surface area contributed by atoms with Gasteiger partial charge >= 0.3 is 0 Å². The number of ether oxygens (including phenoxy) is 1. The molecule has 1 aliphatic rings. The molecular weight excluding hydrogens is 446 g/mol. The smallest absolute Gasteiger partial charge is 0.272 e. The number of hydrogen-bond donors (Lipinski definition) is 2. The molecule has 0 spiro atoms. The Balaban J connectivity index is 1.73. The second-order valence-corrected chi connectivity index (χ2v) is 7.66. The summed E-state index contributed by atoms with van der Waals surface area (Å²) in [6, 6.07) is 2.73. The number of aliphatic hydroxyl groups is 1. The predicted octanol–water partition coefficient (Wildman–Crippen LogP) is 2.53. The highest BCUT2D eigenvalue weighted by molar-refractivity contribution is 6.31. The van der Waals surface area contributed by atoms with E-state index in [9.17, 15) is 18.4 Å². The zero-order chi connectivity index (χ0) is 23.3. The SMILES string of the molecule is CC(c1cnc(OCC(F)F)c(Cl)c1)N1Cc2c(ccnc2CC(=O)NCCCO)C1=O. The van der Waals surface area contributed by atoms with Gasteiger partial charge in [0.05, 0.1) is 18.2 Å². The number of aromatic nitrogens is 2. The van der Waals surface area contributed by atoms with E-state index in [0.29, 0.717) is 35.3 Å². The van der Waals surface area contributed by atoms with Crippen LogP contribution < -0.4 is 10.1 Å². The first kappa shape index (κ1) is 23.8. The van der Waals surface area contributed by atoms with Crippen LogP contribution in [-0.2, 0) is 17.8 Å². The summed E-state index contributed by atoms with van der Waals surface area (Å²) in [5.74, 6) is -0.558. The number of nitrogens with zero attached hydrogens (tertiary/aromatic N) is 3. The van der Waals surface area contributed by atoms with Crippen molar-refractivity contribution < 1.29 is 28.2 Å². The zero-order valence-corrected chi connectivity index (χ0v) is 18.1. The molecule has 0 saturated carbocycles. The molecule has 2 aromatic heterocycles. The molecule has 1 unspecified atom stereocenters. The van der Waals surface area contributed by atoms with Crippen molar-refractivity contribution in [1.29, 1.82) is 0 Å². The highest BCUT2D eigenvalue weighted by atomic mass is 35.5. The van der Waals surface area contributed by atoms with Gasteiger partial charge in [0.25, 0.3) is 12.3 Å². The number of alkyl halides is 2. The minimum atomic E-state index is -2.65. The van der Waals surface area contributed by atoms with Crippen LogP contribution in [0, 0.1) is 0 Å². The molecule has 1 atom stereocenters. The van der Waals surface area contributed by atoms with Crippen LogP contribution in [-0.4, -0.2) is 58.0 Å². The Bertz CT molecular complexity index is 992. The fourth-order valence-electron chi connectivity index (χ4n) is 3.39. The number of nitrogens with one attached hydrogen (secondary N) is 1. The maximum Gasteiger partial charge on any atom is 0.272 e. The molecule has 32 heavy (non-hydrogen) atoms. The molecule has 0 fully saturated rings. The van der Waals surface area contributed by atoms with E-state index < -0.39 is 19.1 Å². The molecule has 3 heterocycles. The monoisotopic (exact) mass is 468 g/mol. The van der Waals surface area contributed by atoms with Crippen LogP contribution in [0.25, 0.3) is 0 Å². The third-order valence-electron chi connectivity index (χ3n) is 5.07. The van der Waals surface area contributed by atoms with Crippen molar-refractivity contribution in [3.05, 3.63) is 51.9 Å². The molecule has 2 aromatic rings. The maximum absolute atomic E-state index is 13.0. The average Bonchev–Trinajstić information content (AvgIpc) is 3.10. The summed E-state index contributed by atoms with van der Waals surface area (Å²) in [6.45, 7) is 1.58. The Hall–Kier alpha value is -2.85. The Labute approximate surface area is 188 Å². The first-order valence-electron chi connectivity index (χ1n) is 10.0. The van der Waals surface area contributed by atoms with Gasteiger partial charge in [-0.25, -0.2) is 13.8 Å². The zero-order valence-electron chi connectivity index (χ0n) is 17.4. The predicted molar refractivity (Wildman–Crippen MR) is 112 cm³/mol. The highest BCUT2D eigenvalue weighted by Gasteiger charge is 2.34. The minimum Gasteiger partial charge on any atom is -0.471 e. The third kappa shape index (κ3) is 5.49. The molecule has 0 saturated heterocycles. The number of aliphatic hydroxyl groups excluding tert-OH is 1. The van der Waals surface area contributed by atoms with Crippen molar-refractivity contribution in [2.24, 2.45) is 0 Å². The molecule has 8 nitrogen and oxygen atoms in total. The molecule has 3 rings (SSSR count). The minimum absolute atomic E-state index is 0.0151. The van der Waals surface area contributed by atoms with Crippen LogP contribution in [0.5, 0.6) is 5.88 Å². The van der Waals surface area contributed by atoms with Crippen LogP contribution in [0.4, 0.5) is 8.78 Å². The van der Waals surface area contributed by atoms with Gasteiger partial charge in [0.2, 0.25) is 11.8 Å². The largest absolute Gasteiger partial charge is 0.471 e. The van der Waals surface area contributed by atoms with Crippen LogP contribution >= 0.6 is 11.6 Å². The summed E-state index contributed by atoms with van der Waals surface area (Å²) in [5, 5.41) is 11.6. The lowest BCUT2D eigenvalue weighted by Crippen LogP contribution is -2.28. The number of carbonyl (C=O) groups is 2. The van der Waals surface area contributed by atoms with E-state index in [1.807, 2.05) is 0 Å². The van der Waals surface area contributed by atoms with Gasteiger partial charge in [-0.15, -0.1) is 0 Å². The average molecular weight is 469 g/mol. The van der Waals surface area contributed by atoms with Crippen LogP contribution in [0.15, 0.2) is 24.5 Å². The van der Waals surface area contributed by atoms with Gasteiger partial charge in [-0.05, 0) is 31.0 Å². The molecule has 172 valence electrons. The topological polar surface area (TPSA) is 105 Å². The van der Waals surface area contributed by atoms with E-state index in [0.717, 1.165) is 0 Å². The van der Waals surface area contributed by atoms with Gasteiger partial charge in [-0.1, -0.05) is 11.6 Å². The Morgan fingerprint density at radius 1 is 1.41 bits per heavy atom. The first-order chi connectivity index (χ1) is 15.3. The summed E-state index contributed by atoms with van der Waals surface area (Å²) in [6.07, 6.45) is 0.758. The van der Waals surface area contributed by atoms with Gasteiger partial charge in [0.1, 0.15) is 5.02 Å². The number of carbonyl (C=O) groups excluding carboxylic acids is 2. The number of fused-ring (bicyclic) bond motifs is 1. The summed E-state index contributed by atoms with van der Waals surface area (Å²) < 4.78 is 29.6. The van der Waals surface area contributed by atoms with Gasteiger partial charge < -0.3 is 20.1 Å². The van der Waals surface area contributed by atoms with E-state index >= 15 is 0 Å². The standard InChI is InChI=1S/C21H23ClF2N4O4/c1-12(13-7-16(22)20(27-9-13)32-11-18(23)24)28-10-15-14(21(28)31)3-5-25-17(15)8-19(30)26-4-2-6-29/h3,5,7,9,12,18,29H,2,4,6,8,10-11H2,1H3,(H,26,30). The van der Waals surface area contributed by atoms with Gasteiger partial charge in [-0.2, -0.15) is 0 Å². The van der Waals surface area contributed by atoms with Crippen LogP contribution in [0.1, 0.15) is 46.6 Å². The lowest BCUT2D eigenvalue weighted by molar-refractivity contribution is -0.120. The molecule has 0 radical (unpaired) electrons. The van der Waals surface area contributed by atoms with E-state index in [1.54, 1.807) is 17.9 Å². The van der Waals surface area contributed by atoms with Gasteiger partial charge in [-0.3, -0.25) is 14.6 Å². The quantitative estimate of drug-likeness (QED) is 0.519. The van der Waals surface area contributed by atoms with Crippen LogP contribution in [0.2, 0.25) is 5.02 Å². The summed E-state index contributed by atoms with van der Waals surface area (Å²) in [7, 11) is 0. The van der Waals surface area contributed by atoms with Crippen molar-refractivity contribution >= 4 is 23.4 Å². The molecule has 0 aromatic carbocycles. The number of halogens is 3. The normalized spacial score (nSPS) is 13.9. The van der Waals surface area contributed by atoms with Crippen molar-refractivity contribution in [3.63, 3.8) is 0 Å². The van der Waals surface area contributed by atoms with Gasteiger partial charge in [0, 0.05) is 43.2 Å². The maximum atomic E-state index is 13.0. The fourth-order valence-corrected chi connectivity index (χ4v) is 3.62. The third-order valence-corrected chi connectivity index (χ3v) is 5.35. The molecule has 11 heteroatoms. The molecule has 0 aliphatic carbocycles. The van der Waals surface area contributed by atoms with E-state index in [2.05, 4.69) is 15.3 Å². The van der Waals surface area contributed by atoms with Crippen molar-refractivity contribution in [3.8, 4) is 5.88 Å². The van der Waals surface area contributed by atoms with Gasteiger partial charge in [0.15, 0.2) is 6.61 Å². The molecule has 1 aliphatic heterocycles. The van der Waals surface area contributed by atoms with Crippen LogP contribution in [0.3, 0.4) is 0 Å². The molecular formula is C21H23ClF2N4O4. The van der Waals surface area contributed by atoms with E-state index in [4.69, 9.17) is 21.4 Å². The number of rotatable bonds is 10. The Morgan fingerprint density at radius 3 is 2.88 bits per heavy atom. The number of pyridine rings is 2. The fraction of sp³-hybridized carbons (Fsp3) is 0.429. The number of amides is 2. The molecule has 2 N–H and O–H groups in total. The second kappa shape index (κ2) is 10.6. The lowest BCUT2D eigenvalue weighted by atomic mass is 10.1.